The number of halogens is 2. The molecule has 0 amide bonds. The summed E-state index contributed by atoms with van der Waals surface area (Å²) in [5.41, 5.74) is 0.893. The molecule has 1 aromatic carbocycles. The van der Waals surface area contributed by atoms with Gasteiger partial charge in [-0.3, -0.25) is 0 Å². The molecule has 0 bridgehead atoms. The first-order valence-electron chi connectivity index (χ1n) is 3.68. The second-order valence-corrected chi connectivity index (χ2v) is 3.55. The maximum atomic E-state index is 5.52. The van der Waals surface area contributed by atoms with E-state index in [0.717, 1.165) is 17.1 Å². The molecular formula is C9H6Cl2O2. The highest BCUT2D eigenvalue weighted by atomic mass is 35.5. The van der Waals surface area contributed by atoms with Crippen LogP contribution in [0.3, 0.4) is 0 Å². The van der Waals surface area contributed by atoms with Gasteiger partial charge in [-0.2, -0.15) is 0 Å². The lowest BCUT2D eigenvalue weighted by molar-refractivity contribution is 0.174. The summed E-state index contributed by atoms with van der Waals surface area (Å²) in [7, 11) is 0. The lowest BCUT2D eigenvalue weighted by Crippen LogP contribution is -1.92. The predicted molar refractivity (Wildman–Crippen MR) is 52.2 cm³/mol. The molecule has 1 aliphatic rings. The first kappa shape index (κ1) is 8.73. The zero-order chi connectivity index (χ0) is 9.26. The molecule has 0 aliphatic carbocycles. The van der Waals surface area contributed by atoms with Crippen molar-refractivity contribution in [2.24, 2.45) is 0 Å². The highest BCUT2D eigenvalue weighted by Gasteiger charge is 2.12. The second-order valence-electron chi connectivity index (χ2n) is 2.55. The minimum Gasteiger partial charge on any atom is -0.454 e. The van der Waals surface area contributed by atoms with Gasteiger partial charge in [0.05, 0.1) is 0 Å². The molecule has 0 atom stereocenters. The Bertz CT molecular complexity index is 357. The number of fused-ring (bicyclic) bond motifs is 1. The third kappa shape index (κ3) is 1.90. The average molecular weight is 217 g/mol. The molecule has 0 aromatic heterocycles. The molecule has 68 valence electrons. The smallest absolute Gasteiger partial charge is 0.231 e. The molecule has 0 saturated heterocycles. The summed E-state index contributed by atoms with van der Waals surface area (Å²) in [6.07, 6.45) is 1.64. The summed E-state index contributed by atoms with van der Waals surface area (Å²) < 4.78 is 10.6. The Kier molecular flexibility index (Phi) is 2.34. The molecule has 1 aliphatic heterocycles. The van der Waals surface area contributed by atoms with Crippen molar-refractivity contribution in [1.29, 1.82) is 0 Å². The van der Waals surface area contributed by atoms with Crippen molar-refractivity contribution >= 4 is 29.3 Å². The van der Waals surface area contributed by atoms with Crippen LogP contribution in [0.4, 0.5) is 0 Å². The molecule has 0 N–H and O–H groups in total. The van der Waals surface area contributed by atoms with E-state index in [1.165, 1.54) is 0 Å². The highest BCUT2D eigenvalue weighted by molar-refractivity contribution is 6.57. The zero-order valence-corrected chi connectivity index (χ0v) is 8.10. The summed E-state index contributed by atoms with van der Waals surface area (Å²) in [6, 6.07) is 5.51. The Hall–Kier alpha value is -0.860. The number of hydrogen-bond donors (Lipinski definition) is 0. The summed E-state index contributed by atoms with van der Waals surface area (Å²) in [5, 5.41) is 0. The van der Waals surface area contributed by atoms with Crippen molar-refractivity contribution in [3.63, 3.8) is 0 Å². The van der Waals surface area contributed by atoms with Gasteiger partial charge in [0.15, 0.2) is 11.5 Å². The molecule has 0 saturated carbocycles. The van der Waals surface area contributed by atoms with Crippen LogP contribution in [-0.2, 0) is 0 Å². The molecule has 13 heavy (non-hydrogen) atoms. The predicted octanol–water partition coefficient (Wildman–Crippen LogP) is 3.19. The number of benzene rings is 1. The molecular weight excluding hydrogens is 211 g/mol. The highest BCUT2D eigenvalue weighted by Crippen LogP contribution is 2.33. The fourth-order valence-electron chi connectivity index (χ4n) is 1.13. The van der Waals surface area contributed by atoms with Crippen LogP contribution in [0, 0.1) is 0 Å². The molecule has 2 nitrogen and oxygen atoms in total. The normalized spacial score (nSPS) is 12.8. The maximum absolute atomic E-state index is 5.52. The molecule has 4 heteroatoms. The Morgan fingerprint density at radius 2 is 2.00 bits per heavy atom. The van der Waals surface area contributed by atoms with Gasteiger partial charge in [0.25, 0.3) is 0 Å². The van der Waals surface area contributed by atoms with Gasteiger partial charge in [0.1, 0.15) is 4.49 Å². The maximum Gasteiger partial charge on any atom is 0.231 e. The van der Waals surface area contributed by atoms with Crippen molar-refractivity contribution in [1.82, 2.24) is 0 Å². The molecule has 1 aromatic rings. The molecule has 0 spiro atoms. The molecule has 1 heterocycles. The van der Waals surface area contributed by atoms with Crippen LogP contribution in [0.2, 0.25) is 0 Å². The fourth-order valence-corrected chi connectivity index (χ4v) is 1.38. The summed E-state index contributed by atoms with van der Waals surface area (Å²) >= 11 is 11.0. The average Bonchev–Trinajstić information content (AvgIpc) is 2.49. The van der Waals surface area contributed by atoms with Gasteiger partial charge in [-0.05, 0) is 23.8 Å². The first-order valence-corrected chi connectivity index (χ1v) is 4.43. The van der Waals surface area contributed by atoms with Crippen molar-refractivity contribution in [2.75, 3.05) is 6.79 Å². The van der Waals surface area contributed by atoms with E-state index in [9.17, 15) is 0 Å². The number of ether oxygens (including phenoxy) is 2. The van der Waals surface area contributed by atoms with Crippen LogP contribution in [0.5, 0.6) is 11.5 Å². The van der Waals surface area contributed by atoms with Crippen LogP contribution in [0.1, 0.15) is 5.56 Å². The summed E-state index contributed by atoms with van der Waals surface area (Å²) in [6.45, 7) is 0.275. The third-order valence-corrected chi connectivity index (χ3v) is 1.89. The first-order chi connectivity index (χ1) is 6.25. The minimum atomic E-state index is 0.221. The monoisotopic (exact) mass is 216 g/mol. The Labute approximate surface area is 85.7 Å². The lowest BCUT2D eigenvalue weighted by atomic mass is 10.2. The molecule has 2 rings (SSSR count). The zero-order valence-electron chi connectivity index (χ0n) is 6.59. The fraction of sp³-hybridized carbons (Fsp3) is 0.111. The van der Waals surface area contributed by atoms with Crippen LogP contribution in [-0.4, -0.2) is 6.79 Å². The van der Waals surface area contributed by atoms with E-state index >= 15 is 0 Å². The number of hydrogen-bond acceptors (Lipinski definition) is 2. The second kappa shape index (κ2) is 3.48. The molecule has 0 fully saturated rings. The van der Waals surface area contributed by atoms with Crippen molar-refractivity contribution in [3.8, 4) is 11.5 Å². The van der Waals surface area contributed by atoms with Crippen LogP contribution in [0.25, 0.3) is 6.08 Å². The van der Waals surface area contributed by atoms with Gasteiger partial charge >= 0.3 is 0 Å². The van der Waals surface area contributed by atoms with Gasteiger partial charge in [-0.25, -0.2) is 0 Å². The SMILES string of the molecule is ClC(Cl)=Cc1ccc2c(c1)OCO2. The summed E-state index contributed by atoms with van der Waals surface area (Å²) in [4.78, 5) is 0. The van der Waals surface area contributed by atoms with Crippen molar-refractivity contribution in [2.45, 2.75) is 0 Å². The van der Waals surface area contributed by atoms with Gasteiger partial charge < -0.3 is 9.47 Å². The van der Waals surface area contributed by atoms with Gasteiger partial charge in [-0.15, -0.1) is 0 Å². The minimum absolute atomic E-state index is 0.221. The van der Waals surface area contributed by atoms with Crippen LogP contribution in [0.15, 0.2) is 22.7 Å². The Balaban J connectivity index is 2.36. The van der Waals surface area contributed by atoms with E-state index in [4.69, 9.17) is 32.7 Å². The molecule has 0 radical (unpaired) electrons. The molecule has 0 unspecified atom stereocenters. The topological polar surface area (TPSA) is 18.5 Å². The number of rotatable bonds is 1. The quantitative estimate of drug-likeness (QED) is 0.719. The van der Waals surface area contributed by atoms with Gasteiger partial charge in [-0.1, -0.05) is 29.3 Å². The van der Waals surface area contributed by atoms with Crippen LogP contribution >= 0.6 is 23.2 Å². The van der Waals surface area contributed by atoms with E-state index in [0.29, 0.717) is 0 Å². The summed E-state index contributed by atoms with van der Waals surface area (Å²) in [5.74, 6) is 1.48. The largest absolute Gasteiger partial charge is 0.454 e. The third-order valence-electron chi connectivity index (χ3n) is 1.67. The van der Waals surface area contributed by atoms with Crippen molar-refractivity contribution < 1.29 is 9.47 Å². The van der Waals surface area contributed by atoms with E-state index in [-0.39, 0.29) is 11.3 Å². The van der Waals surface area contributed by atoms with Crippen molar-refractivity contribution in [3.05, 3.63) is 28.3 Å². The van der Waals surface area contributed by atoms with E-state index in [2.05, 4.69) is 0 Å². The van der Waals surface area contributed by atoms with E-state index in [1.807, 2.05) is 18.2 Å². The van der Waals surface area contributed by atoms with E-state index < -0.39 is 0 Å². The Morgan fingerprint density at radius 3 is 2.77 bits per heavy atom. The van der Waals surface area contributed by atoms with Crippen LogP contribution < -0.4 is 9.47 Å². The standard InChI is InChI=1S/C9H6Cl2O2/c10-9(11)4-6-1-2-7-8(3-6)13-5-12-7/h1-4H,5H2. The van der Waals surface area contributed by atoms with E-state index in [1.54, 1.807) is 6.08 Å². The van der Waals surface area contributed by atoms with Gasteiger partial charge in [0.2, 0.25) is 6.79 Å². The lowest BCUT2D eigenvalue weighted by Gasteiger charge is -1.96. The van der Waals surface area contributed by atoms with Gasteiger partial charge in [0, 0.05) is 0 Å². The Morgan fingerprint density at radius 1 is 1.23 bits per heavy atom.